The largest absolute Gasteiger partial charge is 0.300 e. The van der Waals surface area contributed by atoms with Crippen molar-refractivity contribution in [2.75, 3.05) is 0 Å². The van der Waals surface area contributed by atoms with Crippen molar-refractivity contribution in [3.63, 3.8) is 0 Å². The Morgan fingerprint density at radius 1 is 1.38 bits per heavy atom. The second-order valence-electron chi connectivity index (χ2n) is 3.81. The molecule has 0 saturated heterocycles. The molecule has 82 valence electrons. The quantitative estimate of drug-likeness (QED) is 0.745. The number of halogens is 3. The third kappa shape index (κ3) is 1.45. The van der Waals surface area contributed by atoms with Crippen LogP contribution >= 0.6 is 15.9 Å². The van der Waals surface area contributed by atoms with Crippen molar-refractivity contribution in [2.45, 2.75) is 18.3 Å². The molecule has 0 aromatic heterocycles. The number of benzene rings is 1. The summed E-state index contributed by atoms with van der Waals surface area (Å²) in [5.74, 6) is -1.60. The Kier molecular flexibility index (Phi) is 2.55. The highest BCUT2D eigenvalue weighted by Gasteiger charge is 2.47. The summed E-state index contributed by atoms with van der Waals surface area (Å²) in [6, 6.07) is 4.26. The van der Waals surface area contributed by atoms with E-state index in [1.54, 1.807) is 0 Å². The third-order valence-corrected chi connectivity index (χ3v) is 3.49. The van der Waals surface area contributed by atoms with Crippen LogP contribution in [0.3, 0.4) is 0 Å². The molecule has 0 aliphatic heterocycles. The van der Waals surface area contributed by atoms with Gasteiger partial charge in [-0.15, -0.1) is 0 Å². The molecule has 0 spiro atoms. The third-order valence-electron chi connectivity index (χ3n) is 2.76. The van der Waals surface area contributed by atoms with Gasteiger partial charge in [-0.25, -0.2) is 8.78 Å². The SMILES string of the molecule is N#CC1(c2ccc(F)c(Br)c2F)CC(=O)C1. The highest BCUT2D eigenvalue weighted by molar-refractivity contribution is 9.10. The molecule has 0 radical (unpaired) electrons. The topological polar surface area (TPSA) is 40.9 Å². The Bertz CT molecular complexity index is 513. The predicted octanol–water partition coefficient (Wildman–Crippen LogP) is 2.85. The van der Waals surface area contributed by atoms with Crippen molar-refractivity contribution < 1.29 is 13.6 Å². The fraction of sp³-hybridized carbons (Fsp3) is 0.273. The van der Waals surface area contributed by atoms with Crippen molar-refractivity contribution in [3.05, 3.63) is 33.8 Å². The lowest BCUT2D eigenvalue weighted by atomic mass is 9.64. The molecule has 1 aromatic rings. The smallest absolute Gasteiger partial charge is 0.145 e. The van der Waals surface area contributed by atoms with E-state index < -0.39 is 17.0 Å². The van der Waals surface area contributed by atoms with Gasteiger partial charge < -0.3 is 0 Å². The Morgan fingerprint density at radius 2 is 2.00 bits per heavy atom. The Labute approximate surface area is 99.0 Å². The molecule has 0 N–H and O–H groups in total. The lowest BCUT2D eigenvalue weighted by Crippen LogP contribution is -2.41. The van der Waals surface area contributed by atoms with Crippen LogP contribution in [-0.2, 0) is 10.2 Å². The standard InChI is InChI=1S/C11H6BrF2NO/c12-9-8(13)2-1-7(10(9)14)11(5-15)3-6(16)4-11/h1-2H,3-4H2. The van der Waals surface area contributed by atoms with Crippen LogP contribution in [0.15, 0.2) is 16.6 Å². The van der Waals surface area contributed by atoms with Crippen LogP contribution in [-0.4, -0.2) is 5.78 Å². The fourth-order valence-corrected chi connectivity index (χ4v) is 2.19. The molecule has 1 fully saturated rings. The van der Waals surface area contributed by atoms with Crippen LogP contribution in [0, 0.1) is 23.0 Å². The molecular weight excluding hydrogens is 280 g/mol. The van der Waals surface area contributed by atoms with E-state index in [4.69, 9.17) is 5.26 Å². The van der Waals surface area contributed by atoms with Gasteiger partial charge in [-0.1, -0.05) is 6.07 Å². The van der Waals surface area contributed by atoms with E-state index in [9.17, 15) is 13.6 Å². The van der Waals surface area contributed by atoms with E-state index in [-0.39, 0.29) is 28.7 Å². The van der Waals surface area contributed by atoms with E-state index in [0.717, 1.165) is 6.07 Å². The summed E-state index contributed by atoms with van der Waals surface area (Å²) in [5, 5.41) is 9.01. The lowest BCUT2D eigenvalue weighted by Gasteiger charge is -2.34. The van der Waals surface area contributed by atoms with E-state index >= 15 is 0 Å². The normalized spacial score (nSPS) is 17.8. The first-order valence-corrected chi connectivity index (χ1v) is 5.36. The molecule has 16 heavy (non-hydrogen) atoms. The van der Waals surface area contributed by atoms with Crippen LogP contribution in [0.25, 0.3) is 0 Å². The van der Waals surface area contributed by atoms with Gasteiger partial charge in [0.2, 0.25) is 0 Å². The van der Waals surface area contributed by atoms with Gasteiger partial charge in [-0.2, -0.15) is 5.26 Å². The molecule has 1 aliphatic rings. The Hall–Kier alpha value is -1.28. The van der Waals surface area contributed by atoms with Crippen molar-refractivity contribution >= 4 is 21.7 Å². The Balaban J connectivity index is 2.54. The van der Waals surface area contributed by atoms with Crippen LogP contribution < -0.4 is 0 Å². The molecular formula is C11H6BrF2NO. The first-order valence-electron chi connectivity index (χ1n) is 4.57. The van der Waals surface area contributed by atoms with Gasteiger partial charge in [0.15, 0.2) is 0 Å². The molecule has 0 bridgehead atoms. The molecule has 2 rings (SSSR count). The van der Waals surface area contributed by atoms with Crippen LogP contribution in [0.2, 0.25) is 0 Å². The van der Waals surface area contributed by atoms with E-state index in [1.165, 1.54) is 6.07 Å². The molecule has 0 amide bonds. The number of Topliss-reactive ketones (excluding diaryl/α,β-unsaturated/α-hetero) is 1. The zero-order valence-electron chi connectivity index (χ0n) is 8.06. The zero-order chi connectivity index (χ0) is 11.9. The highest BCUT2D eigenvalue weighted by atomic mass is 79.9. The minimum atomic E-state index is -1.11. The molecule has 1 saturated carbocycles. The first kappa shape index (κ1) is 11.2. The molecule has 0 unspecified atom stereocenters. The second kappa shape index (κ2) is 3.63. The average Bonchev–Trinajstić information content (AvgIpc) is 2.22. The molecule has 0 heterocycles. The monoisotopic (exact) mass is 285 g/mol. The number of hydrogen-bond donors (Lipinski definition) is 0. The van der Waals surface area contributed by atoms with Crippen molar-refractivity contribution in [2.24, 2.45) is 0 Å². The van der Waals surface area contributed by atoms with Crippen molar-refractivity contribution in [1.82, 2.24) is 0 Å². The summed E-state index contributed by atoms with van der Waals surface area (Å²) in [6.45, 7) is 0. The minimum Gasteiger partial charge on any atom is -0.300 e. The van der Waals surface area contributed by atoms with Gasteiger partial charge >= 0.3 is 0 Å². The van der Waals surface area contributed by atoms with E-state index in [2.05, 4.69) is 15.9 Å². The van der Waals surface area contributed by atoms with E-state index in [0.29, 0.717) is 0 Å². The minimum absolute atomic E-state index is 0.00150. The van der Waals surface area contributed by atoms with Crippen LogP contribution in [0.5, 0.6) is 0 Å². The number of nitriles is 1. The maximum absolute atomic E-state index is 13.7. The summed E-state index contributed by atoms with van der Waals surface area (Å²) >= 11 is 2.78. The number of hydrogen-bond acceptors (Lipinski definition) is 2. The zero-order valence-corrected chi connectivity index (χ0v) is 9.64. The van der Waals surface area contributed by atoms with Gasteiger partial charge in [0, 0.05) is 18.4 Å². The lowest BCUT2D eigenvalue weighted by molar-refractivity contribution is -0.126. The van der Waals surface area contributed by atoms with Gasteiger partial charge in [-0.05, 0) is 22.0 Å². The maximum Gasteiger partial charge on any atom is 0.145 e. The summed E-state index contributed by atoms with van der Waals surface area (Å²) in [6.07, 6.45) is -0.00299. The predicted molar refractivity (Wildman–Crippen MR) is 55.6 cm³/mol. The molecule has 1 aliphatic carbocycles. The molecule has 0 atom stereocenters. The summed E-state index contributed by atoms with van der Waals surface area (Å²) in [4.78, 5) is 11.0. The fourth-order valence-electron chi connectivity index (χ4n) is 1.85. The van der Waals surface area contributed by atoms with Crippen molar-refractivity contribution in [1.29, 1.82) is 5.26 Å². The summed E-state index contributed by atoms with van der Waals surface area (Å²) in [5.41, 5.74) is -1.03. The number of ketones is 1. The summed E-state index contributed by atoms with van der Waals surface area (Å²) in [7, 11) is 0. The van der Waals surface area contributed by atoms with Crippen molar-refractivity contribution in [3.8, 4) is 6.07 Å². The molecule has 1 aromatic carbocycles. The van der Waals surface area contributed by atoms with Crippen LogP contribution in [0.1, 0.15) is 18.4 Å². The van der Waals surface area contributed by atoms with Gasteiger partial charge in [0.05, 0.1) is 16.0 Å². The number of carbonyl (C=O) groups is 1. The summed E-state index contributed by atoms with van der Waals surface area (Å²) < 4.78 is 26.5. The van der Waals surface area contributed by atoms with Gasteiger partial charge in [0.1, 0.15) is 17.4 Å². The maximum atomic E-state index is 13.7. The average molecular weight is 286 g/mol. The molecule has 2 nitrogen and oxygen atoms in total. The number of rotatable bonds is 1. The highest BCUT2D eigenvalue weighted by Crippen LogP contribution is 2.43. The number of carbonyl (C=O) groups excluding carboxylic acids is 1. The molecule has 5 heteroatoms. The second-order valence-corrected chi connectivity index (χ2v) is 4.60. The number of nitrogens with zero attached hydrogens (tertiary/aromatic N) is 1. The van der Waals surface area contributed by atoms with Gasteiger partial charge in [0.25, 0.3) is 0 Å². The van der Waals surface area contributed by atoms with Gasteiger partial charge in [-0.3, -0.25) is 4.79 Å². The van der Waals surface area contributed by atoms with E-state index in [1.807, 2.05) is 6.07 Å². The van der Waals surface area contributed by atoms with Crippen LogP contribution in [0.4, 0.5) is 8.78 Å². The first-order chi connectivity index (χ1) is 7.50. The Morgan fingerprint density at radius 3 is 2.50 bits per heavy atom.